The number of fused-ring (bicyclic) bond motifs is 1. The van der Waals surface area contributed by atoms with Crippen LogP contribution in [0.5, 0.6) is 28.7 Å². The van der Waals surface area contributed by atoms with Gasteiger partial charge in [0.1, 0.15) is 73.4 Å². The summed E-state index contributed by atoms with van der Waals surface area (Å²) >= 11 is 0. The average Bonchev–Trinajstić information content (AvgIpc) is 0.662. The molecule has 24 heteroatoms. The van der Waals surface area contributed by atoms with Crippen molar-refractivity contribution in [2.75, 3.05) is 122 Å². The fraction of sp³-hybridized carbons (Fsp3) is 0.427. The highest BCUT2D eigenvalue weighted by Crippen LogP contribution is 2.32. The summed E-state index contributed by atoms with van der Waals surface area (Å²) in [6, 6.07) is 63.0. The van der Waals surface area contributed by atoms with Gasteiger partial charge in [-0.15, -0.1) is 0 Å². The highest BCUT2D eigenvalue weighted by Gasteiger charge is 2.28. The van der Waals surface area contributed by atoms with Crippen LogP contribution in [0.4, 0.5) is 21.9 Å². The van der Waals surface area contributed by atoms with E-state index >= 15 is 0 Å². The number of unbranched alkanes of at least 4 members (excludes halogenated alkanes) is 3. The van der Waals surface area contributed by atoms with Crippen LogP contribution in [-0.4, -0.2) is 180 Å². The molecule has 127 heavy (non-hydrogen) atoms. The lowest BCUT2D eigenvalue weighted by atomic mass is 10.00. The third-order valence-corrected chi connectivity index (χ3v) is 21.0. The minimum absolute atomic E-state index is 0.121. The summed E-state index contributed by atoms with van der Waals surface area (Å²) in [4.78, 5) is 97.7. The van der Waals surface area contributed by atoms with Gasteiger partial charge < -0.3 is 83.9 Å². The molecule has 5 N–H and O–H groups in total. The fourth-order valence-electron chi connectivity index (χ4n) is 13.2. The van der Waals surface area contributed by atoms with Crippen molar-refractivity contribution >= 4 is 69.6 Å². The zero-order valence-corrected chi connectivity index (χ0v) is 77.1. The summed E-state index contributed by atoms with van der Waals surface area (Å²) in [5.41, 5.74) is 6.90. The molecular formula is C103H136N8O16. The van der Waals surface area contributed by atoms with E-state index in [9.17, 15) is 33.6 Å². The molecule has 0 spiro atoms. The van der Waals surface area contributed by atoms with Crippen molar-refractivity contribution in [3.8, 4) is 28.7 Å². The Morgan fingerprint density at radius 3 is 1.09 bits per heavy atom. The zero-order chi connectivity index (χ0) is 91.7. The first-order chi connectivity index (χ1) is 61.4. The second-order valence-corrected chi connectivity index (χ2v) is 31.8. The van der Waals surface area contributed by atoms with E-state index in [0.29, 0.717) is 135 Å². The predicted molar refractivity (Wildman–Crippen MR) is 505 cm³/mol. The number of rotatable bonds is 50. The van der Waals surface area contributed by atoms with Gasteiger partial charge in [-0.3, -0.25) is 14.4 Å². The third kappa shape index (κ3) is 37.0. The van der Waals surface area contributed by atoms with Crippen molar-refractivity contribution in [3.05, 3.63) is 251 Å². The molecule has 0 aliphatic rings. The van der Waals surface area contributed by atoms with Crippen molar-refractivity contribution in [1.29, 1.82) is 0 Å². The third-order valence-electron chi connectivity index (χ3n) is 21.0. The van der Waals surface area contributed by atoms with Crippen molar-refractivity contribution in [1.82, 2.24) is 25.3 Å². The van der Waals surface area contributed by atoms with E-state index in [1.165, 1.54) is 5.39 Å². The van der Waals surface area contributed by atoms with Crippen LogP contribution in [0.15, 0.2) is 206 Å². The van der Waals surface area contributed by atoms with Crippen LogP contribution in [-0.2, 0) is 65.8 Å². The lowest BCUT2D eigenvalue weighted by molar-refractivity contribution is -0.119. The standard InChI is InChI=1S/C38H51N3O7.C34H44N2O5.C31H41N3O4/c1-7-10-23-45-34-26-30(36(43)46-24-22-41(8-2)9-3)18-21-32(34)39-35(42)33(40-37(44)48-38(4,5)6)25-28-16-19-31(20-17-28)47-27-29-14-12-11-13-15-29;1-5-8-21-39-32-24-29(34(38)40-22-20-36(6-2)7-3)16-19-31(32)35-33(37)26(4)23-27-14-17-30(18-15-27)41-25-28-12-10-9-11-13-28;1-5-8-18-37-29-22-26(31(36)38-19-17-34(6-2)7-3)15-16-27(29)33-30(35)28(32-4)21-23-13-14-24-11-9-10-12-25(24)20-23/h11-21,26,33H,7-10,22-25,27H2,1-6H3,(H,39,42)(H,40,44);9-19,24,26H,5-8,20-23,25H2,1-4H3,(H,35,37);9-16,20,22,28,32H,5-8,17-19,21H2,1-4H3,(H,33,35)/t33-;26-;/m11./s1. The van der Waals surface area contributed by atoms with Gasteiger partial charge in [0.2, 0.25) is 17.7 Å². The van der Waals surface area contributed by atoms with E-state index in [1.54, 1.807) is 82.4 Å². The fourth-order valence-corrected chi connectivity index (χ4v) is 13.2. The Balaban J connectivity index is 0.000000263. The van der Waals surface area contributed by atoms with Crippen molar-refractivity contribution in [3.63, 3.8) is 0 Å². The molecule has 4 amide bonds. The number of nitrogens with zero attached hydrogens (tertiary/aromatic N) is 3. The Bertz CT molecular complexity index is 4790. The number of carbonyl (C=O) groups is 7. The molecule has 0 bridgehead atoms. The van der Waals surface area contributed by atoms with Gasteiger partial charge in [-0.2, -0.15) is 0 Å². The number of hydrogen-bond acceptors (Lipinski definition) is 20. The molecule has 1 unspecified atom stereocenters. The molecule has 0 saturated carbocycles. The molecule has 9 aromatic rings. The van der Waals surface area contributed by atoms with Crippen LogP contribution >= 0.6 is 0 Å². The molecular weight excluding hydrogens is 1610 g/mol. The van der Waals surface area contributed by atoms with Crippen LogP contribution in [0.3, 0.4) is 0 Å². The minimum Gasteiger partial charge on any atom is -0.491 e. The first-order valence-corrected chi connectivity index (χ1v) is 45.0. The summed E-state index contributed by atoms with van der Waals surface area (Å²) in [5, 5.41) is 17.1. The van der Waals surface area contributed by atoms with Gasteiger partial charge in [-0.25, -0.2) is 19.2 Å². The molecule has 0 aliphatic carbocycles. The average molecular weight is 1740 g/mol. The number of amides is 4. The van der Waals surface area contributed by atoms with Gasteiger partial charge >= 0.3 is 24.0 Å². The molecule has 3 atom stereocenters. The Hall–Kier alpha value is -11.8. The molecule has 9 rings (SSSR count). The lowest BCUT2D eigenvalue weighted by Gasteiger charge is -2.24. The van der Waals surface area contributed by atoms with Gasteiger partial charge in [-0.05, 0) is 217 Å². The van der Waals surface area contributed by atoms with Gasteiger partial charge in [0.05, 0.1) is 59.6 Å². The van der Waals surface area contributed by atoms with E-state index in [-0.39, 0.29) is 30.8 Å². The number of likely N-dealkylation sites (N-methyl/N-ethyl adjacent to an activating group) is 4. The Morgan fingerprint density at radius 2 is 0.709 bits per heavy atom. The number of carbonyl (C=O) groups excluding carboxylic acids is 7. The Labute approximate surface area is 752 Å². The maximum absolute atomic E-state index is 13.7. The second-order valence-electron chi connectivity index (χ2n) is 31.8. The summed E-state index contributed by atoms with van der Waals surface area (Å²) in [6.07, 6.45) is 5.97. The summed E-state index contributed by atoms with van der Waals surface area (Å²) in [5.74, 6) is 0.424. The van der Waals surface area contributed by atoms with Crippen LogP contribution < -0.4 is 50.3 Å². The predicted octanol–water partition coefficient (Wildman–Crippen LogP) is 19.1. The van der Waals surface area contributed by atoms with Crippen LogP contribution in [0.1, 0.15) is 187 Å². The van der Waals surface area contributed by atoms with Crippen LogP contribution in [0, 0.1) is 5.92 Å². The monoisotopic (exact) mass is 1740 g/mol. The first-order valence-electron chi connectivity index (χ1n) is 45.0. The molecule has 9 aromatic carbocycles. The van der Waals surface area contributed by atoms with Gasteiger partial charge in [-0.1, -0.05) is 216 Å². The van der Waals surface area contributed by atoms with Crippen molar-refractivity contribution < 1.29 is 76.2 Å². The summed E-state index contributed by atoms with van der Waals surface area (Å²) in [7, 11) is 1.78. The first kappa shape index (κ1) is 102. The highest BCUT2D eigenvalue weighted by molar-refractivity contribution is 6.00. The molecule has 24 nitrogen and oxygen atoms in total. The van der Waals surface area contributed by atoms with Gasteiger partial charge in [0.25, 0.3) is 0 Å². The Kier molecular flexibility index (Phi) is 45.3. The molecule has 0 fully saturated rings. The van der Waals surface area contributed by atoms with Crippen LogP contribution in [0.2, 0.25) is 0 Å². The number of esters is 3. The molecule has 0 heterocycles. The number of hydrogen-bond donors (Lipinski definition) is 5. The maximum Gasteiger partial charge on any atom is 0.408 e. The maximum atomic E-state index is 13.7. The van der Waals surface area contributed by atoms with Crippen molar-refractivity contribution in [2.45, 2.75) is 179 Å². The zero-order valence-electron chi connectivity index (χ0n) is 77.1. The quantitative estimate of drug-likeness (QED) is 0.0135. The molecule has 0 aromatic heterocycles. The number of benzene rings is 9. The van der Waals surface area contributed by atoms with E-state index in [2.05, 4.69) is 127 Å². The van der Waals surface area contributed by atoms with Gasteiger partial charge in [0, 0.05) is 32.0 Å². The lowest BCUT2D eigenvalue weighted by Crippen LogP contribution is -2.47. The largest absolute Gasteiger partial charge is 0.491 e. The van der Waals surface area contributed by atoms with E-state index in [0.717, 1.165) is 117 Å². The number of alkyl carbamates (subject to hydrolysis) is 1. The smallest absolute Gasteiger partial charge is 0.408 e. The number of anilines is 3. The van der Waals surface area contributed by atoms with Crippen LogP contribution in [0.25, 0.3) is 10.8 Å². The summed E-state index contributed by atoms with van der Waals surface area (Å²) < 4.78 is 51.7. The molecule has 0 saturated heterocycles. The number of ether oxygens (including phenoxy) is 9. The van der Waals surface area contributed by atoms with E-state index in [1.807, 2.05) is 135 Å². The SMILES string of the molecule is CCCCOc1cc(C(=O)OCCN(CC)CC)ccc1NC(=O)C(Cc1ccc2ccccc2c1)NC.CCCCOc1cc(C(=O)OCCN(CC)CC)ccc1NC(=O)[C@@H](Cc1ccc(OCc2ccccc2)cc1)NC(=O)OC(C)(C)C.CCCCOc1cc(C(=O)OCCN(CC)CC)ccc1NC(=O)[C@H](C)Cc1ccc(OCc2ccccc2)cc1. The Morgan fingerprint density at radius 1 is 0.354 bits per heavy atom. The number of nitrogens with one attached hydrogen (secondary N) is 5. The summed E-state index contributed by atoms with van der Waals surface area (Å²) in [6.45, 7) is 36.5. The van der Waals surface area contributed by atoms with E-state index in [4.69, 9.17) is 42.6 Å². The molecule has 684 valence electrons. The normalized spacial score (nSPS) is 11.8. The molecule has 0 aliphatic heterocycles. The van der Waals surface area contributed by atoms with Crippen molar-refractivity contribution in [2.24, 2.45) is 5.92 Å². The van der Waals surface area contributed by atoms with E-state index < -0.39 is 47.6 Å². The topological polar surface area (TPSA) is 272 Å². The second kappa shape index (κ2) is 56.3. The van der Waals surface area contributed by atoms with Gasteiger partial charge in [0.15, 0.2) is 0 Å². The molecule has 0 radical (unpaired) electrons. The highest BCUT2D eigenvalue weighted by atomic mass is 16.6. The minimum atomic E-state index is -0.982.